The van der Waals surface area contributed by atoms with Gasteiger partial charge in [0, 0.05) is 30.0 Å². The highest BCUT2D eigenvalue weighted by atomic mass is 16.2. The van der Waals surface area contributed by atoms with Crippen LogP contribution in [-0.4, -0.2) is 52.9 Å². The van der Waals surface area contributed by atoms with Gasteiger partial charge in [-0.15, -0.1) is 0 Å². The summed E-state index contributed by atoms with van der Waals surface area (Å²) in [6, 6.07) is 10.6. The smallest absolute Gasteiger partial charge is 0.270 e. The maximum atomic E-state index is 12.4. The summed E-state index contributed by atoms with van der Waals surface area (Å²) in [5.41, 5.74) is 1.75. The number of aromatic amines is 1. The number of nitrogens with one attached hydrogen (secondary N) is 1. The van der Waals surface area contributed by atoms with Gasteiger partial charge in [-0.05, 0) is 38.1 Å². The van der Waals surface area contributed by atoms with Gasteiger partial charge in [0.2, 0.25) is 0 Å². The SMILES string of the molecule is O=C(c1cc2ccccc2[nH]1)N1CC(N2CCCC2)C1. The third kappa shape index (κ3) is 1.91. The number of carbonyl (C=O) groups excluding carboxylic acids is 1. The van der Waals surface area contributed by atoms with Crippen LogP contribution in [-0.2, 0) is 0 Å². The van der Waals surface area contributed by atoms with Crippen LogP contribution in [0.2, 0.25) is 0 Å². The van der Waals surface area contributed by atoms with Crippen LogP contribution in [0.3, 0.4) is 0 Å². The van der Waals surface area contributed by atoms with Gasteiger partial charge in [0.05, 0.1) is 0 Å². The molecule has 1 aromatic heterocycles. The number of benzene rings is 1. The topological polar surface area (TPSA) is 39.3 Å². The summed E-state index contributed by atoms with van der Waals surface area (Å²) < 4.78 is 0. The van der Waals surface area contributed by atoms with E-state index < -0.39 is 0 Å². The molecule has 3 heterocycles. The van der Waals surface area contributed by atoms with Gasteiger partial charge in [0.25, 0.3) is 5.91 Å². The summed E-state index contributed by atoms with van der Waals surface area (Å²) in [6.07, 6.45) is 2.62. The van der Waals surface area contributed by atoms with E-state index in [0.29, 0.717) is 11.7 Å². The molecule has 4 rings (SSSR count). The zero-order chi connectivity index (χ0) is 13.5. The Kier molecular flexibility index (Phi) is 2.77. The number of para-hydroxylation sites is 1. The van der Waals surface area contributed by atoms with Crippen molar-refractivity contribution in [3.63, 3.8) is 0 Å². The number of hydrogen-bond acceptors (Lipinski definition) is 2. The lowest BCUT2D eigenvalue weighted by molar-refractivity contribution is 0.0330. The van der Waals surface area contributed by atoms with Crippen molar-refractivity contribution >= 4 is 16.8 Å². The molecule has 20 heavy (non-hydrogen) atoms. The number of fused-ring (bicyclic) bond motifs is 1. The van der Waals surface area contributed by atoms with Gasteiger partial charge in [0.1, 0.15) is 5.69 Å². The number of nitrogens with zero attached hydrogens (tertiary/aromatic N) is 2. The second kappa shape index (κ2) is 4.63. The maximum absolute atomic E-state index is 12.4. The molecule has 0 bridgehead atoms. The van der Waals surface area contributed by atoms with Crippen LogP contribution in [0.15, 0.2) is 30.3 Å². The summed E-state index contributed by atoms with van der Waals surface area (Å²) in [4.78, 5) is 20.1. The molecule has 2 aliphatic heterocycles. The molecular weight excluding hydrogens is 250 g/mol. The summed E-state index contributed by atoms with van der Waals surface area (Å²) in [5, 5.41) is 1.10. The van der Waals surface area contributed by atoms with Crippen LogP contribution in [0, 0.1) is 0 Å². The summed E-state index contributed by atoms with van der Waals surface area (Å²) in [5.74, 6) is 0.136. The van der Waals surface area contributed by atoms with Crippen molar-refractivity contribution in [2.24, 2.45) is 0 Å². The Morgan fingerprint density at radius 3 is 2.65 bits per heavy atom. The third-order valence-corrected chi connectivity index (χ3v) is 4.57. The van der Waals surface area contributed by atoms with Crippen molar-refractivity contribution in [3.05, 3.63) is 36.0 Å². The first-order chi connectivity index (χ1) is 9.81. The van der Waals surface area contributed by atoms with E-state index in [1.807, 2.05) is 35.2 Å². The number of aromatic nitrogens is 1. The Morgan fingerprint density at radius 1 is 1.15 bits per heavy atom. The van der Waals surface area contributed by atoms with Crippen molar-refractivity contribution in [2.75, 3.05) is 26.2 Å². The molecule has 0 aliphatic carbocycles. The fourth-order valence-electron chi connectivity index (χ4n) is 3.32. The van der Waals surface area contributed by atoms with E-state index in [4.69, 9.17) is 0 Å². The van der Waals surface area contributed by atoms with Crippen molar-refractivity contribution in [1.29, 1.82) is 0 Å². The average molecular weight is 269 g/mol. The van der Waals surface area contributed by atoms with Crippen LogP contribution in [0.25, 0.3) is 10.9 Å². The van der Waals surface area contributed by atoms with Crippen molar-refractivity contribution in [3.8, 4) is 0 Å². The normalized spacial score (nSPS) is 20.5. The molecule has 0 saturated carbocycles. The minimum atomic E-state index is 0.136. The Morgan fingerprint density at radius 2 is 1.90 bits per heavy atom. The van der Waals surface area contributed by atoms with E-state index in [1.54, 1.807) is 0 Å². The number of likely N-dealkylation sites (tertiary alicyclic amines) is 2. The lowest BCUT2D eigenvalue weighted by Crippen LogP contribution is -2.60. The van der Waals surface area contributed by atoms with Crippen LogP contribution < -0.4 is 0 Å². The first kappa shape index (κ1) is 12.0. The van der Waals surface area contributed by atoms with E-state index in [1.165, 1.54) is 25.9 Å². The molecule has 2 aromatic rings. The van der Waals surface area contributed by atoms with E-state index in [-0.39, 0.29) is 5.91 Å². The molecule has 1 amide bonds. The van der Waals surface area contributed by atoms with Crippen LogP contribution >= 0.6 is 0 Å². The first-order valence-corrected chi connectivity index (χ1v) is 7.42. The molecule has 2 saturated heterocycles. The molecule has 104 valence electrons. The second-order valence-electron chi connectivity index (χ2n) is 5.88. The lowest BCUT2D eigenvalue weighted by Gasteiger charge is -2.43. The lowest BCUT2D eigenvalue weighted by atomic mass is 10.1. The highest BCUT2D eigenvalue weighted by Crippen LogP contribution is 2.23. The summed E-state index contributed by atoms with van der Waals surface area (Å²) in [6.45, 7) is 4.18. The van der Waals surface area contributed by atoms with Gasteiger partial charge < -0.3 is 9.88 Å². The molecular formula is C16H19N3O. The van der Waals surface area contributed by atoms with E-state index >= 15 is 0 Å². The summed E-state index contributed by atoms with van der Waals surface area (Å²) >= 11 is 0. The van der Waals surface area contributed by atoms with Gasteiger partial charge in [0.15, 0.2) is 0 Å². The molecule has 1 aromatic carbocycles. The number of hydrogen-bond donors (Lipinski definition) is 1. The van der Waals surface area contributed by atoms with Crippen molar-refractivity contribution < 1.29 is 4.79 Å². The van der Waals surface area contributed by atoms with Gasteiger partial charge >= 0.3 is 0 Å². The molecule has 0 unspecified atom stereocenters. The molecule has 1 N–H and O–H groups in total. The maximum Gasteiger partial charge on any atom is 0.270 e. The quantitative estimate of drug-likeness (QED) is 0.906. The Labute approximate surface area is 118 Å². The highest BCUT2D eigenvalue weighted by Gasteiger charge is 2.36. The largest absolute Gasteiger partial charge is 0.351 e. The number of amides is 1. The number of carbonyl (C=O) groups is 1. The standard InChI is InChI=1S/C16H19N3O/c20-16(15-9-12-5-1-2-6-14(12)17-15)19-10-13(11-19)18-7-3-4-8-18/h1-2,5-6,9,13,17H,3-4,7-8,10-11H2. The van der Waals surface area contributed by atoms with Crippen LogP contribution in [0.5, 0.6) is 0 Å². The Hall–Kier alpha value is -1.81. The van der Waals surface area contributed by atoms with E-state index in [0.717, 1.165) is 24.0 Å². The zero-order valence-electron chi connectivity index (χ0n) is 11.5. The van der Waals surface area contributed by atoms with Crippen LogP contribution in [0.1, 0.15) is 23.3 Å². The fourth-order valence-corrected chi connectivity index (χ4v) is 3.32. The Bertz CT molecular complexity index is 603. The van der Waals surface area contributed by atoms with E-state index in [9.17, 15) is 4.79 Å². The highest BCUT2D eigenvalue weighted by molar-refractivity contribution is 5.98. The minimum absolute atomic E-state index is 0.136. The summed E-state index contributed by atoms with van der Waals surface area (Å²) in [7, 11) is 0. The third-order valence-electron chi connectivity index (χ3n) is 4.57. The molecule has 0 radical (unpaired) electrons. The van der Waals surface area contributed by atoms with Crippen LogP contribution in [0.4, 0.5) is 0 Å². The second-order valence-corrected chi connectivity index (χ2v) is 5.88. The number of H-pyrrole nitrogens is 1. The average Bonchev–Trinajstić information content (AvgIpc) is 3.05. The van der Waals surface area contributed by atoms with Gasteiger partial charge in [-0.3, -0.25) is 9.69 Å². The predicted molar refractivity (Wildman–Crippen MR) is 78.8 cm³/mol. The number of rotatable bonds is 2. The van der Waals surface area contributed by atoms with E-state index in [2.05, 4.69) is 9.88 Å². The molecule has 0 atom stereocenters. The van der Waals surface area contributed by atoms with Crippen molar-refractivity contribution in [2.45, 2.75) is 18.9 Å². The molecule has 4 nitrogen and oxygen atoms in total. The minimum Gasteiger partial charge on any atom is -0.351 e. The monoisotopic (exact) mass is 269 g/mol. The first-order valence-electron chi connectivity index (χ1n) is 7.42. The zero-order valence-corrected chi connectivity index (χ0v) is 11.5. The predicted octanol–water partition coefficient (Wildman–Crippen LogP) is 2.09. The molecule has 4 heteroatoms. The molecule has 0 spiro atoms. The fraction of sp³-hybridized carbons (Fsp3) is 0.438. The molecule has 2 fully saturated rings. The van der Waals surface area contributed by atoms with Crippen molar-refractivity contribution in [1.82, 2.24) is 14.8 Å². The van der Waals surface area contributed by atoms with Gasteiger partial charge in [-0.1, -0.05) is 18.2 Å². The Balaban J connectivity index is 1.45. The van der Waals surface area contributed by atoms with Gasteiger partial charge in [-0.2, -0.15) is 0 Å². The van der Waals surface area contributed by atoms with Gasteiger partial charge in [-0.25, -0.2) is 0 Å². The molecule has 2 aliphatic rings.